The van der Waals surface area contributed by atoms with E-state index in [0.29, 0.717) is 12.6 Å². The predicted molar refractivity (Wildman–Crippen MR) is 53.0 cm³/mol. The van der Waals surface area contributed by atoms with E-state index in [1.165, 1.54) is 12.8 Å². The molecule has 1 aliphatic rings. The zero-order valence-electron chi connectivity index (χ0n) is 8.21. The van der Waals surface area contributed by atoms with E-state index < -0.39 is 0 Å². The third-order valence-corrected chi connectivity index (χ3v) is 2.76. The number of nitrogens with two attached hydrogens (primary N) is 1. The van der Waals surface area contributed by atoms with Crippen molar-refractivity contribution in [1.82, 2.24) is 4.90 Å². The van der Waals surface area contributed by atoms with Crippen LogP contribution in [-0.4, -0.2) is 31.1 Å². The lowest BCUT2D eigenvalue weighted by Gasteiger charge is -2.24. The van der Waals surface area contributed by atoms with Crippen molar-refractivity contribution in [3.05, 3.63) is 12.2 Å². The Bertz CT molecular complexity index is 161. The van der Waals surface area contributed by atoms with Gasteiger partial charge in [0.05, 0.1) is 0 Å². The van der Waals surface area contributed by atoms with Gasteiger partial charge in [0.15, 0.2) is 0 Å². The normalized spacial score (nSPS) is 19.7. The Morgan fingerprint density at radius 3 is 2.67 bits per heavy atom. The minimum absolute atomic E-state index is 0.613. The Hall–Kier alpha value is -0.340. The van der Waals surface area contributed by atoms with Gasteiger partial charge in [-0.2, -0.15) is 0 Å². The molecule has 0 aliphatic heterocycles. The summed E-state index contributed by atoms with van der Waals surface area (Å²) >= 11 is 0. The zero-order valence-corrected chi connectivity index (χ0v) is 8.21. The van der Waals surface area contributed by atoms with Crippen LogP contribution >= 0.6 is 0 Å². The van der Waals surface area contributed by atoms with E-state index in [2.05, 4.69) is 25.5 Å². The molecule has 0 aromatic rings. The fourth-order valence-electron chi connectivity index (χ4n) is 1.50. The third-order valence-electron chi connectivity index (χ3n) is 2.76. The molecule has 1 unspecified atom stereocenters. The maximum absolute atomic E-state index is 5.49. The molecule has 1 saturated carbocycles. The van der Waals surface area contributed by atoms with Crippen LogP contribution in [0, 0.1) is 5.92 Å². The Labute approximate surface area is 75.4 Å². The molecular formula is C10H20N2. The summed E-state index contributed by atoms with van der Waals surface area (Å²) in [6.45, 7) is 7.77. The van der Waals surface area contributed by atoms with Gasteiger partial charge in [0.25, 0.3) is 0 Å². The molecular weight excluding hydrogens is 148 g/mol. The van der Waals surface area contributed by atoms with Gasteiger partial charge in [-0.05, 0) is 38.3 Å². The Morgan fingerprint density at radius 1 is 1.67 bits per heavy atom. The van der Waals surface area contributed by atoms with Crippen LogP contribution in [0.5, 0.6) is 0 Å². The molecule has 12 heavy (non-hydrogen) atoms. The van der Waals surface area contributed by atoms with Crippen molar-refractivity contribution in [3.8, 4) is 0 Å². The maximum atomic E-state index is 5.49. The molecule has 1 rings (SSSR count). The first-order valence-corrected chi connectivity index (χ1v) is 4.72. The van der Waals surface area contributed by atoms with Gasteiger partial charge in [-0.25, -0.2) is 0 Å². The quantitative estimate of drug-likeness (QED) is 0.626. The molecule has 1 aliphatic carbocycles. The second kappa shape index (κ2) is 4.06. The van der Waals surface area contributed by atoms with Crippen LogP contribution in [0.25, 0.3) is 0 Å². The van der Waals surface area contributed by atoms with Crippen LogP contribution in [0.4, 0.5) is 0 Å². The van der Waals surface area contributed by atoms with Crippen molar-refractivity contribution in [2.75, 3.05) is 20.1 Å². The summed E-state index contributed by atoms with van der Waals surface area (Å²) < 4.78 is 0. The van der Waals surface area contributed by atoms with Crippen LogP contribution in [-0.2, 0) is 0 Å². The van der Waals surface area contributed by atoms with Gasteiger partial charge in [-0.3, -0.25) is 4.90 Å². The summed E-state index contributed by atoms with van der Waals surface area (Å²) in [6.07, 6.45) is 2.81. The highest BCUT2D eigenvalue weighted by Gasteiger charge is 2.30. The molecule has 2 nitrogen and oxygen atoms in total. The Kier molecular flexibility index (Phi) is 3.29. The molecule has 0 saturated heterocycles. The number of likely N-dealkylation sites (N-methyl/N-ethyl adjacent to an activating group) is 1. The van der Waals surface area contributed by atoms with Gasteiger partial charge in [-0.1, -0.05) is 6.58 Å². The van der Waals surface area contributed by atoms with E-state index in [0.717, 1.165) is 18.0 Å². The van der Waals surface area contributed by atoms with E-state index in [9.17, 15) is 0 Å². The molecule has 0 aromatic heterocycles. The molecule has 0 heterocycles. The van der Waals surface area contributed by atoms with Crippen LogP contribution in [0.15, 0.2) is 12.2 Å². The first kappa shape index (κ1) is 9.75. The average molecular weight is 168 g/mol. The third kappa shape index (κ3) is 2.61. The zero-order chi connectivity index (χ0) is 9.14. The lowest BCUT2D eigenvalue weighted by Crippen LogP contribution is -2.33. The lowest BCUT2D eigenvalue weighted by atomic mass is 10.1. The fourth-order valence-corrected chi connectivity index (χ4v) is 1.50. The molecule has 0 aromatic carbocycles. The summed E-state index contributed by atoms with van der Waals surface area (Å²) in [6, 6.07) is 0.702. The van der Waals surface area contributed by atoms with E-state index in [1.807, 2.05) is 0 Å². The van der Waals surface area contributed by atoms with Crippen molar-refractivity contribution in [2.45, 2.75) is 25.8 Å². The smallest absolute Gasteiger partial charge is 0.0202 e. The van der Waals surface area contributed by atoms with Gasteiger partial charge in [-0.15, -0.1) is 0 Å². The van der Waals surface area contributed by atoms with E-state index in [4.69, 9.17) is 5.73 Å². The standard InChI is InChI=1S/C10H20N2/c1-8(6-11)7-12(3)9(2)10-4-5-10/h9-10H,1,4-7,11H2,2-3H3. The second-order valence-electron chi connectivity index (χ2n) is 3.95. The highest BCUT2D eigenvalue weighted by atomic mass is 15.1. The van der Waals surface area contributed by atoms with Gasteiger partial charge < -0.3 is 5.73 Å². The summed E-state index contributed by atoms with van der Waals surface area (Å²) in [5.74, 6) is 0.931. The predicted octanol–water partition coefficient (Wildman–Crippen LogP) is 1.23. The van der Waals surface area contributed by atoms with Gasteiger partial charge in [0.2, 0.25) is 0 Å². The molecule has 70 valence electrons. The fraction of sp³-hybridized carbons (Fsp3) is 0.800. The van der Waals surface area contributed by atoms with E-state index >= 15 is 0 Å². The molecule has 2 N–H and O–H groups in total. The summed E-state index contributed by atoms with van der Waals surface area (Å²) in [5, 5.41) is 0. The molecule has 0 amide bonds. The van der Waals surface area contributed by atoms with Crippen molar-refractivity contribution >= 4 is 0 Å². The van der Waals surface area contributed by atoms with E-state index in [-0.39, 0.29) is 0 Å². The molecule has 2 heteroatoms. The first-order chi connectivity index (χ1) is 5.65. The van der Waals surface area contributed by atoms with Gasteiger partial charge >= 0.3 is 0 Å². The Morgan fingerprint density at radius 2 is 2.25 bits per heavy atom. The van der Waals surface area contributed by atoms with Crippen molar-refractivity contribution in [2.24, 2.45) is 11.7 Å². The molecule has 1 atom stereocenters. The SMILES string of the molecule is C=C(CN)CN(C)C(C)C1CC1. The maximum Gasteiger partial charge on any atom is 0.0202 e. The van der Waals surface area contributed by atoms with Crippen LogP contribution in [0.3, 0.4) is 0 Å². The monoisotopic (exact) mass is 168 g/mol. The van der Waals surface area contributed by atoms with Gasteiger partial charge in [0.1, 0.15) is 0 Å². The highest BCUT2D eigenvalue weighted by Crippen LogP contribution is 2.34. The minimum atomic E-state index is 0.613. The van der Waals surface area contributed by atoms with Crippen LogP contribution < -0.4 is 5.73 Å². The molecule has 0 radical (unpaired) electrons. The van der Waals surface area contributed by atoms with Crippen molar-refractivity contribution in [3.63, 3.8) is 0 Å². The number of hydrogen-bond acceptors (Lipinski definition) is 2. The first-order valence-electron chi connectivity index (χ1n) is 4.72. The van der Waals surface area contributed by atoms with Crippen LogP contribution in [0.1, 0.15) is 19.8 Å². The minimum Gasteiger partial charge on any atom is -0.327 e. The molecule has 0 spiro atoms. The summed E-state index contributed by atoms with van der Waals surface area (Å²) in [5.41, 5.74) is 6.62. The topological polar surface area (TPSA) is 29.3 Å². The number of nitrogens with zero attached hydrogens (tertiary/aromatic N) is 1. The van der Waals surface area contributed by atoms with E-state index in [1.54, 1.807) is 0 Å². The highest BCUT2D eigenvalue weighted by molar-refractivity contribution is 4.99. The number of rotatable bonds is 5. The Balaban J connectivity index is 2.25. The largest absolute Gasteiger partial charge is 0.327 e. The molecule has 0 bridgehead atoms. The van der Waals surface area contributed by atoms with Gasteiger partial charge in [0, 0.05) is 19.1 Å². The average Bonchev–Trinajstić information content (AvgIpc) is 2.85. The van der Waals surface area contributed by atoms with Crippen molar-refractivity contribution in [1.29, 1.82) is 0 Å². The van der Waals surface area contributed by atoms with Crippen LogP contribution in [0.2, 0.25) is 0 Å². The molecule has 1 fully saturated rings. The summed E-state index contributed by atoms with van der Waals surface area (Å²) in [7, 11) is 2.16. The summed E-state index contributed by atoms with van der Waals surface area (Å²) in [4.78, 5) is 2.35. The second-order valence-corrected chi connectivity index (χ2v) is 3.95. The number of hydrogen-bond donors (Lipinski definition) is 1. The van der Waals surface area contributed by atoms with Crippen molar-refractivity contribution < 1.29 is 0 Å². The lowest BCUT2D eigenvalue weighted by molar-refractivity contribution is 0.252.